The van der Waals surface area contributed by atoms with Gasteiger partial charge in [-0.05, 0) is 31.0 Å². The molecule has 0 saturated heterocycles. The minimum Gasteiger partial charge on any atom is -0.494 e. The molecular weight excluding hydrogens is 219 g/mol. The summed E-state index contributed by atoms with van der Waals surface area (Å²) in [6.07, 6.45) is 0.914. The Bertz CT molecular complexity index is 414. The Kier molecular flexibility index (Phi) is 4.92. The zero-order valence-corrected chi connectivity index (χ0v) is 10.3. The molecule has 0 amide bonds. The molecule has 0 heterocycles. The predicted octanol–water partition coefficient (Wildman–Crippen LogP) is 2.79. The third kappa shape index (κ3) is 3.43. The van der Waals surface area contributed by atoms with Gasteiger partial charge in [0, 0.05) is 6.04 Å². The van der Waals surface area contributed by atoms with Gasteiger partial charge in [-0.15, -0.1) is 0 Å². The van der Waals surface area contributed by atoms with E-state index < -0.39 is 11.9 Å². The van der Waals surface area contributed by atoms with Crippen molar-refractivity contribution in [2.45, 2.75) is 32.4 Å². The van der Waals surface area contributed by atoms with Crippen molar-refractivity contribution >= 4 is 0 Å². The summed E-state index contributed by atoms with van der Waals surface area (Å²) in [6.45, 7) is 4.02. The number of nitrogens with zero attached hydrogens (tertiary/aromatic N) is 1. The van der Waals surface area contributed by atoms with Crippen LogP contribution in [0.5, 0.6) is 5.75 Å². The van der Waals surface area contributed by atoms with Gasteiger partial charge in [0.2, 0.25) is 0 Å². The van der Waals surface area contributed by atoms with Crippen molar-refractivity contribution < 1.29 is 9.13 Å². The second kappa shape index (κ2) is 6.21. The number of nitriles is 1. The quantitative estimate of drug-likeness (QED) is 0.855. The molecule has 0 saturated carbocycles. The van der Waals surface area contributed by atoms with E-state index in [9.17, 15) is 4.39 Å². The van der Waals surface area contributed by atoms with Crippen LogP contribution >= 0.6 is 0 Å². The first-order valence-electron chi connectivity index (χ1n) is 5.61. The second-order valence-corrected chi connectivity index (χ2v) is 3.93. The highest BCUT2D eigenvalue weighted by molar-refractivity contribution is 5.33. The van der Waals surface area contributed by atoms with Gasteiger partial charge >= 0.3 is 0 Å². The number of methoxy groups -OCH3 is 1. The molecule has 2 unspecified atom stereocenters. The van der Waals surface area contributed by atoms with Gasteiger partial charge in [-0.2, -0.15) is 5.26 Å². The lowest BCUT2D eigenvalue weighted by atomic mass is 10.1. The summed E-state index contributed by atoms with van der Waals surface area (Å²) < 4.78 is 18.3. The SMILES string of the molecule is CCC(C)NC(C#N)c1ccc(OC)c(F)c1. The van der Waals surface area contributed by atoms with Gasteiger partial charge in [-0.3, -0.25) is 5.32 Å². The van der Waals surface area contributed by atoms with E-state index in [0.717, 1.165) is 6.42 Å². The molecule has 92 valence electrons. The molecule has 0 aliphatic carbocycles. The van der Waals surface area contributed by atoms with E-state index in [1.54, 1.807) is 6.07 Å². The normalized spacial score (nSPS) is 13.8. The Morgan fingerprint density at radius 3 is 2.71 bits per heavy atom. The fourth-order valence-corrected chi connectivity index (χ4v) is 1.47. The maximum atomic E-state index is 13.5. The van der Waals surface area contributed by atoms with E-state index in [2.05, 4.69) is 11.4 Å². The number of benzene rings is 1. The molecule has 1 aromatic carbocycles. The Balaban J connectivity index is 2.90. The fourth-order valence-electron chi connectivity index (χ4n) is 1.47. The van der Waals surface area contributed by atoms with Crippen LogP contribution in [0.25, 0.3) is 0 Å². The third-order valence-electron chi connectivity index (χ3n) is 2.70. The summed E-state index contributed by atoms with van der Waals surface area (Å²) in [5.41, 5.74) is 0.617. The summed E-state index contributed by atoms with van der Waals surface area (Å²) in [7, 11) is 1.41. The first-order chi connectivity index (χ1) is 8.12. The number of hydrogen-bond acceptors (Lipinski definition) is 3. The number of ether oxygens (including phenoxy) is 1. The van der Waals surface area contributed by atoms with Crippen LogP contribution in [-0.2, 0) is 0 Å². The average Bonchev–Trinajstić information content (AvgIpc) is 2.35. The maximum Gasteiger partial charge on any atom is 0.165 e. The third-order valence-corrected chi connectivity index (χ3v) is 2.70. The van der Waals surface area contributed by atoms with Gasteiger partial charge in [0.15, 0.2) is 11.6 Å². The number of nitrogens with one attached hydrogen (secondary N) is 1. The topological polar surface area (TPSA) is 45.0 Å². The van der Waals surface area contributed by atoms with Crippen LogP contribution in [0.2, 0.25) is 0 Å². The Morgan fingerprint density at radius 1 is 1.53 bits per heavy atom. The monoisotopic (exact) mass is 236 g/mol. The summed E-state index contributed by atoms with van der Waals surface area (Å²) in [5.74, 6) is -0.259. The zero-order chi connectivity index (χ0) is 12.8. The number of rotatable bonds is 5. The molecule has 0 bridgehead atoms. The summed E-state index contributed by atoms with van der Waals surface area (Å²) >= 11 is 0. The lowest BCUT2D eigenvalue weighted by Gasteiger charge is -2.17. The molecule has 1 rings (SSSR count). The van der Waals surface area contributed by atoms with Crippen LogP contribution < -0.4 is 10.1 Å². The van der Waals surface area contributed by atoms with Crippen LogP contribution in [-0.4, -0.2) is 13.2 Å². The fraction of sp³-hybridized carbons (Fsp3) is 0.462. The van der Waals surface area contributed by atoms with Crippen molar-refractivity contribution in [1.29, 1.82) is 5.26 Å². The van der Waals surface area contributed by atoms with Crippen LogP contribution in [0.3, 0.4) is 0 Å². The highest BCUT2D eigenvalue weighted by atomic mass is 19.1. The van der Waals surface area contributed by atoms with E-state index in [0.29, 0.717) is 5.56 Å². The first kappa shape index (κ1) is 13.5. The van der Waals surface area contributed by atoms with E-state index >= 15 is 0 Å². The minimum atomic E-state index is -0.495. The second-order valence-electron chi connectivity index (χ2n) is 3.93. The lowest BCUT2D eigenvalue weighted by molar-refractivity contribution is 0.385. The molecule has 2 atom stereocenters. The van der Waals surface area contributed by atoms with Gasteiger partial charge < -0.3 is 4.74 Å². The lowest BCUT2D eigenvalue weighted by Crippen LogP contribution is -2.29. The largest absolute Gasteiger partial charge is 0.494 e. The van der Waals surface area contributed by atoms with Crippen LogP contribution in [0.1, 0.15) is 31.9 Å². The van der Waals surface area contributed by atoms with Gasteiger partial charge in [0.1, 0.15) is 6.04 Å². The summed E-state index contributed by atoms with van der Waals surface area (Å²) in [5, 5.41) is 12.2. The molecule has 0 spiro atoms. The molecule has 1 aromatic rings. The van der Waals surface area contributed by atoms with Gasteiger partial charge in [0.25, 0.3) is 0 Å². The van der Waals surface area contributed by atoms with Gasteiger partial charge in [0.05, 0.1) is 13.2 Å². The van der Waals surface area contributed by atoms with Crippen molar-refractivity contribution in [3.8, 4) is 11.8 Å². The summed E-state index contributed by atoms with van der Waals surface area (Å²) in [4.78, 5) is 0. The van der Waals surface area contributed by atoms with Crippen molar-refractivity contribution in [2.75, 3.05) is 7.11 Å². The molecule has 0 aromatic heterocycles. The maximum absolute atomic E-state index is 13.5. The minimum absolute atomic E-state index is 0.189. The molecule has 0 aliphatic rings. The molecule has 1 N–H and O–H groups in total. The Labute approximate surface area is 101 Å². The molecule has 17 heavy (non-hydrogen) atoms. The van der Waals surface area contributed by atoms with Crippen LogP contribution in [0.15, 0.2) is 18.2 Å². The molecular formula is C13H17FN2O. The van der Waals surface area contributed by atoms with Crippen LogP contribution in [0, 0.1) is 17.1 Å². The van der Waals surface area contributed by atoms with E-state index in [1.165, 1.54) is 19.2 Å². The molecule has 4 heteroatoms. The molecule has 0 radical (unpaired) electrons. The zero-order valence-electron chi connectivity index (χ0n) is 10.3. The average molecular weight is 236 g/mol. The van der Waals surface area contributed by atoms with Crippen molar-refractivity contribution in [1.82, 2.24) is 5.32 Å². The van der Waals surface area contributed by atoms with Gasteiger partial charge in [-0.1, -0.05) is 13.0 Å². The van der Waals surface area contributed by atoms with E-state index in [-0.39, 0.29) is 11.8 Å². The Morgan fingerprint density at radius 2 is 2.24 bits per heavy atom. The highest BCUT2D eigenvalue weighted by Gasteiger charge is 2.14. The van der Waals surface area contributed by atoms with Gasteiger partial charge in [-0.25, -0.2) is 4.39 Å². The Hall–Kier alpha value is -1.60. The standard InChI is InChI=1S/C13H17FN2O/c1-4-9(2)16-12(8-15)10-5-6-13(17-3)11(14)7-10/h5-7,9,12,16H,4H2,1-3H3. The van der Waals surface area contributed by atoms with Crippen molar-refractivity contribution in [2.24, 2.45) is 0 Å². The first-order valence-corrected chi connectivity index (χ1v) is 5.61. The molecule has 3 nitrogen and oxygen atoms in total. The number of hydrogen-bond donors (Lipinski definition) is 1. The van der Waals surface area contributed by atoms with E-state index in [4.69, 9.17) is 10.00 Å². The van der Waals surface area contributed by atoms with Crippen molar-refractivity contribution in [3.63, 3.8) is 0 Å². The molecule has 0 aliphatic heterocycles. The molecule has 0 fully saturated rings. The van der Waals surface area contributed by atoms with Crippen LogP contribution in [0.4, 0.5) is 4.39 Å². The predicted molar refractivity (Wildman–Crippen MR) is 64.2 cm³/mol. The summed E-state index contributed by atoms with van der Waals surface area (Å²) in [6, 6.07) is 6.42. The number of halogens is 1. The highest BCUT2D eigenvalue weighted by Crippen LogP contribution is 2.22. The van der Waals surface area contributed by atoms with E-state index in [1.807, 2.05) is 13.8 Å². The smallest absolute Gasteiger partial charge is 0.165 e. The van der Waals surface area contributed by atoms with Crippen molar-refractivity contribution in [3.05, 3.63) is 29.6 Å².